The van der Waals surface area contributed by atoms with Gasteiger partial charge in [0.25, 0.3) is 5.95 Å². The zero-order valence-corrected chi connectivity index (χ0v) is 17.6. The highest BCUT2D eigenvalue weighted by molar-refractivity contribution is 7.10. The van der Waals surface area contributed by atoms with E-state index >= 15 is 0 Å². The van der Waals surface area contributed by atoms with Crippen LogP contribution in [0.15, 0.2) is 34.2 Å². The van der Waals surface area contributed by atoms with Gasteiger partial charge in [-0.1, -0.05) is 32.9 Å². The third-order valence-electron chi connectivity index (χ3n) is 5.09. The van der Waals surface area contributed by atoms with E-state index in [0.717, 1.165) is 42.9 Å². The van der Waals surface area contributed by atoms with Gasteiger partial charge in [0.1, 0.15) is 5.75 Å². The molecule has 0 atom stereocenters. The van der Waals surface area contributed by atoms with E-state index < -0.39 is 0 Å². The normalized spacial score (nSPS) is 15.8. The molecular formula is C21H26N4O2S. The highest BCUT2D eigenvalue weighted by Crippen LogP contribution is 2.36. The number of nitrogens with zero attached hydrogens (tertiary/aromatic N) is 4. The van der Waals surface area contributed by atoms with Crippen LogP contribution in [0.5, 0.6) is 5.75 Å². The van der Waals surface area contributed by atoms with Crippen molar-refractivity contribution in [2.75, 3.05) is 25.1 Å². The van der Waals surface area contributed by atoms with Gasteiger partial charge in [-0.05, 0) is 30.1 Å². The van der Waals surface area contributed by atoms with Gasteiger partial charge in [-0.2, -0.15) is 4.98 Å². The van der Waals surface area contributed by atoms with Crippen LogP contribution in [0.2, 0.25) is 0 Å². The summed E-state index contributed by atoms with van der Waals surface area (Å²) < 4.78 is 10.9. The Morgan fingerprint density at radius 1 is 1.14 bits per heavy atom. The average molecular weight is 399 g/mol. The van der Waals surface area contributed by atoms with E-state index in [1.54, 1.807) is 18.4 Å². The van der Waals surface area contributed by atoms with Gasteiger partial charge in [-0.25, -0.2) is 4.98 Å². The molecular weight excluding hydrogens is 372 g/mol. The fraction of sp³-hybridized carbons (Fsp3) is 0.476. The molecule has 0 N–H and O–H groups in total. The van der Waals surface area contributed by atoms with E-state index in [2.05, 4.69) is 47.3 Å². The molecule has 0 saturated carbocycles. The van der Waals surface area contributed by atoms with Crippen LogP contribution in [0.25, 0.3) is 11.3 Å². The van der Waals surface area contributed by atoms with Crippen molar-refractivity contribution in [2.45, 2.75) is 44.9 Å². The number of thiazole rings is 1. The smallest absolute Gasteiger partial charge is 0.266 e. The number of aromatic nitrogens is 3. The summed E-state index contributed by atoms with van der Waals surface area (Å²) in [4.78, 5) is 11.7. The van der Waals surface area contributed by atoms with Crippen LogP contribution < -0.4 is 9.64 Å². The van der Waals surface area contributed by atoms with Gasteiger partial charge in [-0.15, -0.1) is 11.3 Å². The van der Waals surface area contributed by atoms with Crippen molar-refractivity contribution in [2.24, 2.45) is 0 Å². The minimum Gasteiger partial charge on any atom is -0.496 e. The maximum atomic E-state index is 5.48. The Morgan fingerprint density at radius 2 is 1.89 bits per heavy atom. The predicted octanol–water partition coefficient (Wildman–Crippen LogP) is 4.88. The van der Waals surface area contributed by atoms with Crippen LogP contribution in [0.4, 0.5) is 5.95 Å². The summed E-state index contributed by atoms with van der Waals surface area (Å²) >= 11 is 1.74. The third-order valence-corrected chi connectivity index (χ3v) is 6.10. The van der Waals surface area contributed by atoms with E-state index in [4.69, 9.17) is 14.2 Å². The molecule has 28 heavy (non-hydrogen) atoms. The highest BCUT2D eigenvalue weighted by Gasteiger charge is 2.28. The molecule has 6 nitrogen and oxygen atoms in total. The molecule has 1 saturated heterocycles. The molecule has 0 aliphatic carbocycles. The first-order chi connectivity index (χ1) is 13.5. The van der Waals surface area contributed by atoms with E-state index in [1.165, 1.54) is 5.01 Å². The molecule has 4 rings (SSSR count). The first-order valence-electron chi connectivity index (χ1n) is 9.63. The van der Waals surface area contributed by atoms with Crippen molar-refractivity contribution in [3.05, 3.63) is 40.5 Å². The highest BCUT2D eigenvalue weighted by atomic mass is 32.1. The van der Waals surface area contributed by atoms with Gasteiger partial charge < -0.3 is 14.2 Å². The van der Waals surface area contributed by atoms with E-state index in [0.29, 0.717) is 17.8 Å². The van der Waals surface area contributed by atoms with Gasteiger partial charge in [0.05, 0.1) is 17.8 Å². The molecule has 0 radical (unpaired) electrons. The Balaban J connectivity index is 1.43. The fourth-order valence-corrected chi connectivity index (χ4v) is 4.42. The Bertz CT molecular complexity index is 936. The number of hydrogen-bond donors (Lipinski definition) is 0. The molecule has 1 aliphatic heterocycles. The lowest BCUT2D eigenvalue weighted by Crippen LogP contribution is -2.33. The summed E-state index contributed by atoms with van der Waals surface area (Å²) in [7, 11) is 1.70. The monoisotopic (exact) mass is 398 g/mol. The van der Waals surface area contributed by atoms with Crippen LogP contribution in [-0.4, -0.2) is 35.3 Å². The Kier molecular flexibility index (Phi) is 5.10. The minimum atomic E-state index is -0.126. The second-order valence-corrected chi connectivity index (χ2v) is 9.07. The van der Waals surface area contributed by atoms with Crippen LogP contribution in [0.3, 0.4) is 0 Å². The first kappa shape index (κ1) is 18.9. The van der Waals surface area contributed by atoms with Crippen molar-refractivity contribution >= 4 is 17.3 Å². The number of anilines is 1. The molecule has 1 aliphatic rings. The zero-order chi connectivity index (χ0) is 19.7. The lowest BCUT2D eigenvalue weighted by molar-refractivity contribution is 0.320. The first-order valence-corrected chi connectivity index (χ1v) is 10.5. The fourth-order valence-electron chi connectivity index (χ4n) is 3.43. The Morgan fingerprint density at radius 3 is 2.57 bits per heavy atom. The number of methoxy groups -OCH3 is 1. The summed E-state index contributed by atoms with van der Waals surface area (Å²) in [5, 5.41) is 7.51. The Labute approximate surface area is 169 Å². The molecule has 148 valence electrons. The molecule has 0 bridgehead atoms. The molecule has 3 aromatic rings. The summed E-state index contributed by atoms with van der Waals surface area (Å²) in [5.41, 5.74) is 1.92. The predicted molar refractivity (Wildman–Crippen MR) is 111 cm³/mol. The Hall–Kier alpha value is -2.41. The maximum Gasteiger partial charge on any atom is 0.266 e. The second kappa shape index (κ2) is 7.54. The molecule has 1 fully saturated rings. The van der Waals surface area contributed by atoms with Gasteiger partial charge >= 0.3 is 0 Å². The molecule has 2 aromatic heterocycles. The number of benzene rings is 1. The van der Waals surface area contributed by atoms with Gasteiger partial charge in [0, 0.05) is 35.4 Å². The van der Waals surface area contributed by atoms with E-state index in [9.17, 15) is 0 Å². The maximum absolute atomic E-state index is 5.48. The van der Waals surface area contributed by atoms with Gasteiger partial charge in [-0.3, -0.25) is 0 Å². The molecule has 0 amide bonds. The SMILES string of the molecule is COc1ccccc1-c1csc(C2CCN(c3noc(C(C)(C)C)n3)CC2)n1. The summed E-state index contributed by atoms with van der Waals surface area (Å²) in [6.45, 7) is 8.07. The lowest BCUT2D eigenvalue weighted by Gasteiger charge is -2.29. The van der Waals surface area contributed by atoms with Gasteiger partial charge in [0.2, 0.25) is 5.89 Å². The number of rotatable bonds is 4. The number of hydrogen-bond acceptors (Lipinski definition) is 7. The van der Waals surface area contributed by atoms with E-state index in [-0.39, 0.29) is 5.41 Å². The summed E-state index contributed by atoms with van der Waals surface area (Å²) in [6, 6.07) is 8.04. The molecule has 0 spiro atoms. The van der Waals surface area contributed by atoms with Crippen LogP contribution in [0, 0.1) is 0 Å². The van der Waals surface area contributed by atoms with Crippen LogP contribution >= 0.6 is 11.3 Å². The van der Waals surface area contributed by atoms with E-state index in [1.807, 2.05) is 18.2 Å². The standard InChI is InChI=1S/C21H26N4O2S/c1-21(2,3)19-23-20(24-27-19)25-11-9-14(10-12-25)18-22-16(13-28-18)15-7-5-6-8-17(15)26-4/h5-8,13-14H,9-12H2,1-4H3. The minimum absolute atomic E-state index is 0.126. The molecule has 7 heteroatoms. The van der Waals surface area contributed by atoms with Crippen molar-refractivity contribution in [1.29, 1.82) is 0 Å². The van der Waals surface area contributed by atoms with Crippen molar-refractivity contribution < 1.29 is 9.26 Å². The molecule has 0 unspecified atom stereocenters. The van der Waals surface area contributed by atoms with Crippen molar-refractivity contribution in [1.82, 2.24) is 15.1 Å². The van der Waals surface area contributed by atoms with Crippen molar-refractivity contribution in [3.63, 3.8) is 0 Å². The van der Waals surface area contributed by atoms with Gasteiger partial charge in [0.15, 0.2) is 0 Å². The number of piperidine rings is 1. The third kappa shape index (κ3) is 3.76. The molecule has 3 heterocycles. The zero-order valence-electron chi connectivity index (χ0n) is 16.8. The quantitative estimate of drug-likeness (QED) is 0.624. The second-order valence-electron chi connectivity index (χ2n) is 8.18. The number of ether oxygens (including phenoxy) is 1. The van der Waals surface area contributed by atoms with Crippen LogP contribution in [0.1, 0.15) is 50.4 Å². The van der Waals surface area contributed by atoms with Crippen LogP contribution in [-0.2, 0) is 5.41 Å². The largest absolute Gasteiger partial charge is 0.496 e. The summed E-state index contributed by atoms with van der Waals surface area (Å²) in [6.07, 6.45) is 2.08. The topological polar surface area (TPSA) is 64.3 Å². The molecule has 1 aromatic carbocycles. The lowest BCUT2D eigenvalue weighted by atomic mass is 9.97. The number of para-hydroxylation sites is 1. The summed E-state index contributed by atoms with van der Waals surface area (Å²) in [5.74, 6) is 2.72. The average Bonchev–Trinajstić information content (AvgIpc) is 3.38. The van der Waals surface area contributed by atoms with Crippen molar-refractivity contribution in [3.8, 4) is 17.0 Å².